The van der Waals surface area contributed by atoms with Gasteiger partial charge in [-0.3, -0.25) is 0 Å². The van der Waals surface area contributed by atoms with Gasteiger partial charge in [0.25, 0.3) is 0 Å². The zero-order valence-electron chi connectivity index (χ0n) is 19.8. The number of thiazole rings is 1. The number of aromatic nitrogens is 1. The van der Waals surface area contributed by atoms with Crippen molar-refractivity contribution in [2.45, 2.75) is 66.1 Å². The first-order chi connectivity index (χ1) is 14.7. The van der Waals surface area contributed by atoms with Gasteiger partial charge in [-0.1, -0.05) is 65.1 Å². The van der Waals surface area contributed by atoms with Crippen LogP contribution in [-0.2, 0) is 6.54 Å². The second-order valence-corrected chi connectivity index (χ2v) is 10.4. The van der Waals surface area contributed by atoms with Crippen LogP contribution in [0.2, 0.25) is 0 Å². The minimum atomic E-state index is 0.118. The summed E-state index contributed by atoms with van der Waals surface area (Å²) in [5.41, 5.74) is 7.89. The third kappa shape index (κ3) is 5.58. The fraction of sp³-hybridized carbons (Fsp3) is 0.500. The van der Waals surface area contributed by atoms with Gasteiger partial charge in [0.05, 0.1) is 28.2 Å². The molecule has 2 aromatic rings. The molecule has 0 saturated carbocycles. The fourth-order valence-corrected chi connectivity index (χ4v) is 5.26. The van der Waals surface area contributed by atoms with Gasteiger partial charge in [-0.15, -0.1) is 11.3 Å². The Labute approximate surface area is 192 Å². The maximum Gasteiger partial charge on any atom is 0.0801 e. The molecule has 2 atom stereocenters. The summed E-state index contributed by atoms with van der Waals surface area (Å²) in [6.45, 7) is 22.7. The monoisotopic (exact) mass is 438 g/mol. The third-order valence-electron chi connectivity index (χ3n) is 6.11. The largest absolute Gasteiger partial charge is 0.383 e. The van der Waals surface area contributed by atoms with E-state index in [4.69, 9.17) is 0 Å². The topological polar surface area (TPSA) is 40.2 Å². The summed E-state index contributed by atoms with van der Waals surface area (Å²) >= 11 is 1.69. The Hall–Kier alpha value is -2.11. The van der Waals surface area contributed by atoms with Gasteiger partial charge in [-0.2, -0.15) is 0 Å². The number of rotatable bonds is 9. The Morgan fingerprint density at radius 2 is 1.97 bits per heavy atom. The summed E-state index contributed by atoms with van der Waals surface area (Å²) in [4.78, 5) is 8.07. The predicted molar refractivity (Wildman–Crippen MR) is 134 cm³/mol. The molecular formula is C26H38N4S. The highest BCUT2D eigenvalue weighted by molar-refractivity contribution is 7.13. The summed E-state index contributed by atoms with van der Waals surface area (Å²) in [7, 11) is 0. The third-order valence-corrected chi connectivity index (χ3v) is 7.09. The number of likely N-dealkylation sites (N-methyl/N-ethyl adjacent to an activating group) is 1. The highest BCUT2D eigenvalue weighted by Gasteiger charge is 2.35. The van der Waals surface area contributed by atoms with Crippen molar-refractivity contribution in [2.24, 2.45) is 5.41 Å². The molecule has 168 valence electrons. The molecule has 31 heavy (non-hydrogen) atoms. The second-order valence-electron chi connectivity index (χ2n) is 9.54. The van der Waals surface area contributed by atoms with Crippen molar-refractivity contribution in [2.75, 3.05) is 13.1 Å². The van der Waals surface area contributed by atoms with Crippen LogP contribution in [0.25, 0.3) is 10.4 Å². The molecule has 1 aromatic heterocycles. The Bertz CT molecular complexity index is 891. The molecule has 1 saturated heterocycles. The molecule has 1 aliphatic heterocycles. The molecule has 0 amide bonds. The summed E-state index contributed by atoms with van der Waals surface area (Å²) in [5, 5.41) is 7.24. The van der Waals surface area contributed by atoms with Crippen LogP contribution in [0.4, 0.5) is 0 Å². The minimum Gasteiger partial charge on any atom is -0.383 e. The van der Waals surface area contributed by atoms with Crippen LogP contribution in [0.15, 0.2) is 54.3 Å². The number of nitrogens with one attached hydrogen (secondary N) is 2. The lowest BCUT2D eigenvalue weighted by atomic mass is 9.84. The molecule has 0 aliphatic carbocycles. The average Bonchev–Trinajstić information content (AvgIpc) is 3.38. The van der Waals surface area contributed by atoms with Gasteiger partial charge < -0.3 is 15.5 Å². The van der Waals surface area contributed by atoms with Crippen LogP contribution in [0, 0.1) is 12.3 Å². The molecule has 1 aliphatic rings. The molecule has 0 spiro atoms. The first-order valence-corrected chi connectivity index (χ1v) is 12.2. The van der Waals surface area contributed by atoms with Crippen molar-refractivity contribution in [1.82, 2.24) is 20.5 Å². The maximum atomic E-state index is 4.50. The fourth-order valence-electron chi connectivity index (χ4n) is 4.45. The normalized spacial score (nSPS) is 17.6. The second kappa shape index (κ2) is 10.0. The molecule has 2 heterocycles. The van der Waals surface area contributed by atoms with E-state index >= 15 is 0 Å². The van der Waals surface area contributed by atoms with Crippen molar-refractivity contribution in [3.63, 3.8) is 0 Å². The van der Waals surface area contributed by atoms with Gasteiger partial charge in [-0.25, -0.2) is 4.98 Å². The standard InChI is InChI=1S/C26H38N4S/c1-8-27-25(26(5,6)7)20(4)30-15-9-10-23(30)18(2)28-16-21-11-13-22(14-12-21)24-19(3)29-17-31-24/h11-14,17,23,25,27-28H,2,4,8-10,15-16H2,1,3,5-7H3. The predicted octanol–water partition coefficient (Wildman–Crippen LogP) is 5.72. The molecule has 1 fully saturated rings. The van der Waals surface area contributed by atoms with Crippen LogP contribution in [-0.4, -0.2) is 35.1 Å². The van der Waals surface area contributed by atoms with Gasteiger partial charge in [-0.05, 0) is 42.9 Å². The number of benzene rings is 1. The molecule has 5 heteroatoms. The van der Waals surface area contributed by atoms with Crippen molar-refractivity contribution in [3.8, 4) is 10.4 Å². The molecule has 2 unspecified atom stereocenters. The quantitative estimate of drug-likeness (QED) is 0.525. The smallest absolute Gasteiger partial charge is 0.0801 e. The Morgan fingerprint density at radius 1 is 1.26 bits per heavy atom. The van der Waals surface area contributed by atoms with E-state index < -0.39 is 0 Å². The van der Waals surface area contributed by atoms with E-state index in [1.54, 1.807) is 11.3 Å². The molecular weight excluding hydrogens is 400 g/mol. The van der Waals surface area contributed by atoms with Crippen LogP contribution < -0.4 is 10.6 Å². The van der Waals surface area contributed by atoms with Crippen molar-refractivity contribution in [1.29, 1.82) is 0 Å². The van der Waals surface area contributed by atoms with Crippen LogP contribution in [0.5, 0.6) is 0 Å². The number of hydrogen-bond donors (Lipinski definition) is 2. The summed E-state index contributed by atoms with van der Waals surface area (Å²) < 4.78 is 0. The van der Waals surface area contributed by atoms with E-state index in [9.17, 15) is 0 Å². The Kier molecular flexibility index (Phi) is 7.60. The lowest BCUT2D eigenvalue weighted by Gasteiger charge is -2.40. The van der Waals surface area contributed by atoms with Gasteiger partial charge in [0.15, 0.2) is 0 Å². The van der Waals surface area contributed by atoms with Gasteiger partial charge in [0, 0.05) is 24.5 Å². The van der Waals surface area contributed by atoms with Gasteiger partial charge >= 0.3 is 0 Å². The van der Waals surface area contributed by atoms with E-state index in [-0.39, 0.29) is 11.5 Å². The lowest BCUT2D eigenvalue weighted by Crippen LogP contribution is -2.48. The zero-order valence-corrected chi connectivity index (χ0v) is 20.6. The highest BCUT2D eigenvalue weighted by atomic mass is 32.1. The van der Waals surface area contributed by atoms with Crippen molar-refractivity contribution < 1.29 is 0 Å². The van der Waals surface area contributed by atoms with Crippen molar-refractivity contribution in [3.05, 3.63) is 65.6 Å². The molecule has 1 aromatic carbocycles. The Balaban J connectivity index is 1.62. The van der Waals surface area contributed by atoms with Crippen LogP contribution >= 0.6 is 11.3 Å². The molecule has 2 N–H and O–H groups in total. The number of nitrogens with zero attached hydrogens (tertiary/aromatic N) is 2. The van der Waals surface area contributed by atoms with Crippen LogP contribution in [0.1, 0.15) is 51.8 Å². The van der Waals surface area contributed by atoms with E-state index in [1.807, 2.05) is 5.51 Å². The van der Waals surface area contributed by atoms with E-state index in [2.05, 4.69) is 92.6 Å². The van der Waals surface area contributed by atoms with Crippen molar-refractivity contribution >= 4 is 11.3 Å². The number of aryl methyl sites for hydroxylation is 1. The summed E-state index contributed by atoms with van der Waals surface area (Å²) in [6.07, 6.45) is 2.30. The molecule has 3 rings (SSSR count). The molecule has 4 nitrogen and oxygen atoms in total. The SMILES string of the molecule is C=C(NCc1ccc(-c2scnc2C)cc1)C1CCCN1C(=C)C(NCC)C(C)(C)C. The molecule has 0 bridgehead atoms. The van der Waals surface area contributed by atoms with E-state index in [0.29, 0.717) is 6.04 Å². The minimum absolute atomic E-state index is 0.118. The zero-order chi connectivity index (χ0) is 22.6. The Morgan fingerprint density at radius 3 is 2.55 bits per heavy atom. The number of hydrogen-bond acceptors (Lipinski definition) is 5. The van der Waals surface area contributed by atoms with Gasteiger partial charge in [0.2, 0.25) is 0 Å². The average molecular weight is 439 g/mol. The number of likely N-dealkylation sites (tertiary alicyclic amines) is 1. The molecule has 0 radical (unpaired) electrons. The van der Waals surface area contributed by atoms with Crippen LogP contribution in [0.3, 0.4) is 0 Å². The lowest BCUT2D eigenvalue weighted by molar-refractivity contribution is 0.230. The van der Waals surface area contributed by atoms with E-state index in [1.165, 1.54) is 28.1 Å². The summed E-state index contributed by atoms with van der Waals surface area (Å²) in [5.74, 6) is 0. The van der Waals surface area contributed by atoms with Gasteiger partial charge in [0.1, 0.15) is 0 Å². The summed E-state index contributed by atoms with van der Waals surface area (Å²) in [6, 6.07) is 9.33. The first kappa shape index (κ1) is 23.6. The first-order valence-electron chi connectivity index (χ1n) is 11.3. The maximum absolute atomic E-state index is 4.50. The van der Waals surface area contributed by atoms with E-state index in [0.717, 1.165) is 37.4 Å². The highest BCUT2D eigenvalue weighted by Crippen LogP contribution is 2.33.